The van der Waals surface area contributed by atoms with E-state index in [4.69, 9.17) is 14.2 Å². The van der Waals surface area contributed by atoms with Crippen molar-refractivity contribution >= 4 is 17.9 Å². The Morgan fingerprint density at radius 1 is 0.339 bits per heavy atom. The summed E-state index contributed by atoms with van der Waals surface area (Å²) in [6.07, 6.45) is 56.6. The van der Waals surface area contributed by atoms with Gasteiger partial charge in [-0.05, 0) is 89.9 Å². The highest BCUT2D eigenvalue weighted by Gasteiger charge is 2.19. The van der Waals surface area contributed by atoms with E-state index in [0.717, 1.165) is 77.0 Å². The van der Waals surface area contributed by atoms with Gasteiger partial charge in [-0.25, -0.2) is 0 Å². The summed E-state index contributed by atoms with van der Waals surface area (Å²) in [5, 5.41) is 0. The largest absolute Gasteiger partial charge is 0.462 e. The number of hydrogen-bond acceptors (Lipinski definition) is 6. The second-order valence-corrected chi connectivity index (χ2v) is 16.7. The maximum Gasteiger partial charge on any atom is 0.306 e. The Morgan fingerprint density at radius 3 is 1.00 bits per heavy atom. The number of carbonyl (C=O) groups excluding carboxylic acids is 3. The maximum atomic E-state index is 12.8. The van der Waals surface area contributed by atoms with Crippen LogP contribution in [-0.4, -0.2) is 37.2 Å². The molecule has 0 spiro atoms. The molecule has 0 N–H and O–H groups in total. The van der Waals surface area contributed by atoms with E-state index in [1.807, 2.05) is 0 Å². The van der Waals surface area contributed by atoms with E-state index in [9.17, 15) is 14.4 Å². The van der Waals surface area contributed by atoms with Gasteiger partial charge in [0, 0.05) is 19.3 Å². The van der Waals surface area contributed by atoms with Crippen LogP contribution in [0.4, 0.5) is 0 Å². The summed E-state index contributed by atoms with van der Waals surface area (Å²) in [6.45, 7) is 6.52. The lowest BCUT2D eigenvalue weighted by molar-refractivity contribution is -0.167. The van der Waals surface area contributed by atoms with Crippen LogP contribution in [-0.2, 0) is 28.6 Å². The van der Waals surface area contributed by atoms with Gasteiger partial charge in [0.05, 0.1) is 0 Å². The van der Waals surface area contributed by atoms with Gasteiger partial charge in [0.2, 0.25) is 0 Å². The summed E-state index contributed by atoms with van der Waals surface area (Å²) in [7, 11) is 0. The summed E-state index contributed by atoms with van der Waals surface area (Å²) in [4.78, 5) is 37.8. The van der Waals surface area contributed by atoms with Crippen molar-refractivity contribution in [3.63, 3.8) is 0 Å². The molecule has 0 unspecified atom stereocenters. The van der Waals surface area contributed by atoms with E-state index < -0.39 is 6.10 Å². The summed E-state index contributed by atoms with van der Waals surface area (Å²) < 4.78 is 16.7. The summed E-state index contributed by atoms with van der Waals surface area (Å²) in [5.41, 5.74) is 0. The molecule has 0 atom stereocenters. The van der Waals surface area contributed by atoms with Crippen LogP contribution in [0.2, 0.25) is 0 Å². The van der Waals surface area contributed by atoms with Gasteiger partial charge >= 0.3 is 17.9 Å². The Balaban J connectivity index is 4.34. The van der Waals surface area contributed by atoms with E-state index >= 15 is 0 Å². The minimum Gasteiger partial charge on any atom is -0.462 e. The van der Waals surface area contributed by atoms with Gasteiger partial charge < -0.3 is 14.2 Å². The number of allylic oxidation sites excluding steroid dienone is 8. The molecule has 0 aromatic carbocycles. The Kier molecular flexibility index (Phi) is 45.9. The van der Waals surface area contributed by atoms with Crippen LogP contribution in [0.1, 0.15) is 252 Å². The van der Waals surface area contributed by atoms with E-state index in [1.54, 1.807) is 0 Å². The molecule has 0 saturated heterocycles. The van der Waals surface area contributed by atoms with Crippen molar-refractivity contribution in [1.82, 2.24) is 0 Å². The molecule has 0 saturated carbocycles. The number of unbranched alkanes of at least 4 members (excludes halogenated alkanes) is 26. The first-order valence-corrected chi connectivity index (χ1v) is 25.1. The van der Waals surface area contributed by atoms with Gasteiger partial charge in [-0.2, -0.15) is 0 Å². The molecule has 59 heavy (non-hydrogen) atoms. The molecule has 6 nitrogen and oxygen atoms in total. The van der Waals surface area contributed by atoms with Crippen LogP contribution < -0.4 is 0 Å². The minimum atomic E-state index is -0.779. The normalized spacial score (nSPS) is 11.9. The van der Waals surface area contributed by atoms with Crippen LogP contribution in [0, 0.1) is 0 Å². The quantitative estimate of drug-likeness (QED) is 0.0263. The fourth-order valence-electron chi connectivity index (χ4n) is 6.90. The van der Waals surface area contributed by atoms with Crippen LogP contribution in [0.25, 0.3) is 0 Å². The Bertz CT molecular complexity index is 995. The summed E-state index contributed by atoms with van der Waals surface area (Å²) >= 11 is 0. The van der Waals surface area contributed by atoms with Crippen LogP contribution in [0.3, 0.4) is 0 Å². The van der Waals surface area contributed by atoms with Crippen LogP contribution >= 0.6 is 0 Å². The number of esters is 3. The molecule has 342 valence electrons. The molecule has 0 radical (unpaired) electrons. The van der Waals surface area contributed by atoms with Gasteiger partial charge in [0.15, 0.2) is 6.10 Å². The van der Waals surface area contributed by atoms with Gasteiger partial charge in [0.1, 0.15) is 13.2 Å². The van der Waals surface area contributed by atoms with Crippen LogP contribution in [0.15, 0.2) is 48.6 Å². The lowest BCUT2D eigenvalue weighted by Gasteiger charge is -2.18. The van der Waals surface area contributed by atoms with Crippen molar-refractivity contribution in [3.05, 3.63) is 48.6 Å². The van der Waals surface area contributed by atoms with Gasteiger partial charge in [-0.3, -0.25) is 14.4 Å². The van der Waals surface area contributed by atoms with E-state index in [-0.39, 0.29) is 31.1 Å². The van der Waals surface area contributed by atoms with Crippen molar-refractivity contribution in [1.29, 1.82) is 0 Å². The first-order chi connectivity index (χ1) is 29.0. The van der Waals surface area contributed by atoms with Gasteiger partial charge in [0.25, 0.3) is 0 Å². The summed E-state index contributed by atoms with van der Waals surface area (Å²) in [5.74, 6) is -0.901. The number of hydrogen-bond donors (Lipinski definition) is 0. The molecule has 6 heteroatoms. The van der Waals surface area contributed by atoms with Gasteiger partial charge in [-0.1, -0.05) is 191 Å². The number of rotatable bonds is 45. The minimum absolute atomic E-state index is 0.0814. The Labute approximate surface area is 365 Å². The standard InChI is InChI=1S/C53H94O6/c1-4-7-10-13-16-19-22-23-24-25-26-27-28-29-32-35-38-41-44-47-53(56)59-50(48-57-51(54)45-42-39-36-33-30-20-17-14-11-8-5-2)49-58-52(55)46-43-40-37-34-31-21-18-15-12-9-6-3/h14-19,23-24,50H,4-13,20-22,25-49H2,1-3H3/b17-14-,18-15-,19-16-,24-23-. The average Bonchev–Trinajstić information content (AvgIpc) is 3.23. The van der Waals surface area contributed by atoms with Crippen molar-refractivity contribution < 1.29 is 28.6 Å². The first-order valence-electron chi connectivity index (χ1n) is 25.1. The third kappa shape index (κ3) is 46.3. The molecule has 0 fully saturated rings. The molecule has 0 aromatic heterocycles. The zero-order valence-corrected chi connectivity index (χ0v) is 39.0. The Hall–Kier alpha value is -2.63. The topological polar surface area (TPSA) is 78.9 Å². The lowest BCUT2D eigenvalue weighted by Crippen LogP contribution is -2.30. The molecule has 0 aliphatic heterocycles. The summed E-state index contributed by atoms with van der Waals surface area (Å²) in [6, 6.07) is 0. The fourth-order valence-corrected chi connectivity index (χ4v) is 6.90. The highest BCUT2D eigenvalue weighted by Crippen LogP contribution is 2.14. The second kappa shape index (κ2) is 48.0. The fraction of sp³-hybridized carbons (Fsp3) is 0.792. The number of carbonyl (C=O) groups is 3. The maximum absolute atomic E-state index is 12.8. The predicted octanol–water partition coefficient (Wildman–Crippen LogP) is 16.3. The second-order valence-electron chi connectivity index (χ2n) is 16.7. The monoisotopic (exact) mass is 827 g/mol. The smallest absolute Gasteiger partial charge is 0.306 e. The van der Waals surface area contributed by atoms with E-state index in [0.29, 0.717) is 19.3 Å². The Morgan fingerprint density at radius 2 is 0.627 bits per heavy atom. The molecule has 0 aromatic rings. The number of ether oxygens (including phenoxy) is 3. The highest BCUT2D eigenvalue weighted by molar-refractivity contribution is 5.71. The third-order valence-electron chi connectivity index (χ3n) is 10.8. The molecule has 0 amide bonds. The SMILES string of the molecule is CCCC/C=C\CCCCCCCC(=O)OCC(COC(=O)CCCCCCC/C=C\CCCC)OC(=O)CCCCCCCCCCC/C=C\C/C=C\CCCCC. The molecular formula is C53H94O6. The zero-order valence-electron chi connectivity index (χ0n) is 39.0. The highest BCUT2D eigenvalue weighted by atomic mass is 16.6. The molecule has 0 rings (SSSR count). The van der Waals surface area contributed by atoms with Crippen molar-refractivity contribution in [3.8, 4) is 0 Å². The van der Waals surface area contributed by atoms with E-state index in [2.05, 4.69) is 69.4 Å². The van der Waals surface area contributed by atoms with Crippen molar-refractivity contribution in [2.24, 2.45) is 0 Å². The molecule has 0 heterocycles. The van der Waals surface area contributed by atoms with Crippen molar-refractivity contribution in [2.75, 3.05) is 13.2 Å². The molecule has 0 bridgehead atoms. The third-order valence-corrected chi connectivity index (χ3v) is 10.8. The van der Waals surface area contributed by atoms with Crippen molar-refractivity contribution in [2.45, 2.75) is 258 Å². The molecule has 0 aliphatic carbocycles. The van der Waals surface area contributed by atoms with Crippen LogP contribution in [0.5, 0.6) is 0 Å². The molecule has 0 aliphatic rings. The molecular weight excluding hydrogens is 733 g/mol. The lowest BCUT2D eigenvalue weighted by atomic mass is 10.1. The first kappa shape index (κ1) is 56.4. The average molecular weight is 827 g/mol. The predicted molar refractivity (Wildman–Crippen MR) is 252 cm³/mol. The van der Waals surface area contributed by atoms with Gasteiger partial charge in [-0.15, -0.1) is 0 Å². The zero-order chi connectivity index (χ0) is 43.0. The van der Waals surface area contributed by atoms with E-state index in [1.165, 1.54) is 135 Å².